The third-order valence-corrected chi connectivity index (χ3v) is 5.37. The van der Waals surface area contributed by atoms with Gasteiger partial charge in [-0.3, -0.25) is 0 Å². The van der Waals surface area contributed by atoms with Gasteiger partial charge in [0.25, 0.3) is 0 Å². The number of hydrogen-bond donors (Lipinski definition) is 1. The van der Waals surface area contributed by atoms with Crippen LogP contribution in [-0.2, 0) is 0 Å². The summed E-state index contributed by atoms with van der Waals surface area (Å²) in [6.45, 7) is 4.93. The minimum absolute atomic E-state index is 0.143. The Balaban J connectivity index is 1.71. The van der Waals surface area contributed by atoms with Gasteiger partial charge >= 0.3 is 6.03 Å². The number of thioether (sulfide) groups is 1. The molecule has 3 nitrogen and oxygen atoms in total. The number of amides is 2. The Morgan fingerprint density at radius 1 is 1.25 bits per heavy atom. The van der Waals surface area contributed by atoms with E-state index in [9.17, 15) is 9.18 Å². The van der Waals surface area contributed by atoms with Gasteiger partial charge in [0, 0.05) is 18.0 Å². The van der Waals surface area contributed by atoms with Crippen molar-refractivity contribution in [3.63, 3.8) is 0 Å². The van der Waals surface area contributed by atoms with Crippen molar-refractivity contribution in [2.45, 2.75) is 25.1 Å². The average molecular weight is 344 g/mol. The molecule has 126 valence electrons. The molecule has 0 aromatic heterocycles. The Labute approximate surface area is 146 Å². The fourth-order valence-corrected chi connectivity index (χ4v) is 4.01. The molecule has 0 saturated carbocycles. The van der Waals surface area contributed by atoms with Crippen LogP contribution in [0.4, 0.5) is 14.9 Å². The van der Waals surface area contributed by atoms with Gasteiger partial charge in [-0.25, -0.2) is 9.18 Å². The number of nitrogens with one attached hydrogen (secondary N) is 1. The summed E-state index contributed by atoms with van der Waals surface area (Å²) in [5.41, 5.74) is 2.84. The molecular formula is C19H21FN2OS. The van der Waals surface area contributed by atoms with E-state index in [0.717, 1.165) is 17.0 Å². The molecule has 1 N–H and O–H groups in total. The minimum Gasteiger partial charge on any atom is -0.308 e. The lowest BCUT2D eigenvalue weighted by molar-refractivity contribution is 0.214. The summed E-state index contributed by atoms with van der Waals surface area (Å²) < 4.78 is 13.5. The SMILES string of the molecule is CC(C)c1ccc(NC(=O)N2CCS[C@H]2c2cccc(F)c2)cc1. The van der Waals surface area contributed by atoms with E-state index in [-0.39, 0.29) is 17.2 Å². The summed E-state index contributed by atoms with van der Waals surface area (Å²) in [7, 11) is 0. The molecule has 2 aromatic carbocycles. The molecule has 1 atom stereocenters. The molecule has 0 spiro atoms. The van der Waals surface area contributed by atoms with Gasteiger partial charge in [0.15, 0.2) is 0 Å². The number of rotatable bonds is 3. The molecule has 3 rings (SSSR count). The third kappa shape index (κ3) is 3.73. The predicted octanol–water partition coefficient (Wildman–Crippen LogP) is 5.23. The number of benzene rings is 2. The van der Waals surface area contributed by atoms with E-state index in [2.05, 4.69) is 19.2 Å². The summed E-state index contributed by atoms with van der Waals surface area (Å²) in [6.07, 6.45) is 0. The quantitative estimate of drug-likeness (QED) is 0.827. The van der Waals surface area contributed by atoms with Crippen LogP contribution in [0.1, 0.15) is 36.3 Å². The van der Waals surface area contributed by atoms with E-state index < -0.39 is 0 Å². The first kappa shape index (κ1) is 16.8. The number of nitrogens with zero attached hydrogens (tertiary/aromatic N) is 1. The number of urea groups is 1. The monoisotopic (exact) mass is 344 g/mol. The minimum atomic E-state index is -0.273. The second kappa shape index (κ2) is 7.26. The highest BCUT2D eigenvalue weighted by atomic mass is 32.2. The van der Waals surface area contributed by atoms with Crippen molar-refractivity contribution in [1.82, 2.24) is 4.90 Å². The fourth-order valence-electron chi connectivity index (χ4n) is 2.76. The molecular weight excluding hydrogens is 323 g/mol. The molecule has 0 aliphatic carbocycles. The van der Waals surface area contributed by atoms with E-state index in [1.165, 1.54) is 17.7 Å². The van der Waals surface area contributed by atoms with Gasteiger partial charge in [-0.05, 0) is 41.3 Å². The summed E-state index contributed by atoms with van der Waals surface area (Å²) >= 11 is 1.66. The van der Waals surface area contributed by atoms with E-state index >= 15 is 0 Å². The molecule has 1 aliphatic heterocycles. The second-order valence-electron chi connectivity index (χ2n) is 6.18. The molecule has 2 amide bonds. The van der Waals surface area contributed by atoms with Gasteiger partial charge in [0.2, 0.25) is 0 Å². The molecule has 0 bridgehead atoms. The van der Waals surface area contributed by atoms with E-state index in [0.29, 0.717) is 12.5 Å². The van der Waals surface area contributed by atoms with Crippen molar-refractivity contribution in [3.05, 3.63) is 65.5 Å². The molecule has 0 unspecified atom stereocenters. The Morgan fingerprint density at radius 3 is 2.67 bits per heavy atom. The zero-order valence-corrected chi connectivity index (χ0v) is 14.6. The molecule has 1 saturated heterocycles. The lowest BCUT2D eigenvalue weighted by atomic mass is 10.0. The first-order valence-electron chi connectivity index (χ1n) is 8.09. The Morgan fingerprint density at radius 2 is 2.00 bits per heavy atom. The maximum absolute atomic E-state index is 13.5. The average Bonchev–Trinajstić information content (AvgIpc) is 3.05. The number of hydrogen-bond acceptors (Lipinski definition) is 2. The molecule has 1 heterocycles. The molecule has 2 aromatic rings. The lowest BCUT2D eigenvalue weighted by Crippen LogP contribution is -2.34. The van der Waals surface area contributed by atoms with Gasteiger partial charge in [-0.1, -0.05) is 38.1 Å². The van der Waals surface area contributed by atoms with Crippen molar-refractivity contribution in [2.24, 2.45) is 0 Å². The van der Waals surface area contributed by atoms with Gasteiger partial charge in [0.1, 0.15) is 11.2 Å². The first-order valence-corrected chi connectivity index (χ1v) is 9.14. The van der Waals surface area contributed by atoms with Crippen molar-refractivity contribution >= 4 is 23.5 Å². The summed E-state index contributed by atoms with van der Waals surface area (Å²) in [5.74, 6) is 1.03. The topological polar surface area (TPSA) is 32.3 Å². The Kier molecular flexibility index (Phi) is 5.09. The largest absolute Gasteiger partial charge is 0.323 e. The number of carbonyl (C=O) groups excluding carboxylic acids is 1. The van der Waals surface area contributed by atoms with Gasteiger partial charge in [-0.2, -0.15) is 0 Å². The molecule has 5 heteroatoms. The predicted molar refractivity (Wildman–Crippen MR) is 97.9 cm³/mol. The third-order valence-electron chi connectivity index (χ3n) is 4.11. The standard InChI is InChI=1S/C19H21FN2OS/c1-13(2)14-6-8-17(9-7-14)21-19(23)22-10-11-24-18(22)15-4-3-5-16(20)12-15/h3-9,12-13,18H,10-11H2,1-2H3,(H,21,23)/t18-/m0/s1. The first-order chi connectivity index (χ1) is 11.5. The normalized spacial score (nSPS) is 17.3. The van der Waals surface area contributed by atoms with Crippen LogP contribution in [0.5, 0.6) is 0 Å². The van der Waals surface area contributed by atoms with Crippen molar-refractivity contribution in [3.8, 4) is 0 Å². The van der Waals surface area contributed by atoms with Crippen molar-refractivity contribution in [2.75, 3.05) is 17.6 Å². The van der Waals surface area contributed by atoms with E-state index in [1.54, 1.807) is 22.7 Å². The second-order valence-corrected chi connectivity index (χ2v) is 7.37. The van der Waals surface area contributed by atoms with Gasteiger partial charge in [-0.15, -0.1) is 11.8 Å². The van der Waals surface area contributed by atoms with Crippen molar-refractivity contribution < 1.29 is 9.18 Å². The van der Waals surface area contributed by atoms with Crippen LogP contribution in [0.3, 0.4) is 0 Å². The highest BCUT2D eigenvalue weighted by molar-refractivity contribution is 7.99. The number of anilines is 1. The van der Waals surface area contributed by atoms with Crippen LogP contribution in [0.2, 0.25) is 0 Å². The van der Waals surface area contributed by atoms with Crippen LogP contribution in [0.15, 0.2) is 48.5 Å². The number of halogens is 1. The molecule has 1 fully saturated rings. The smallest absolute Gasteiger partial charge is 0.308 e. The van der Waals surface area contributed by atoms with Gasteiger partial charge < -0.3 is 10.2 Å². The summed E-state index contributed by atoms with van der Waals surface area (Å²) in [5, 5.41) is 2.80. The van der Waals surface area contributed by atoms with Crippen molar-refractivity contribution in [1.29, 1.82) is 0 Å². The van der Waals surface area contributed by atoms with Crippen LogP contribution in [0.25, 0.3) is 0 Å². The Hall–Kier alpha value is -2.01. The zero-order chi connectivity index (χ0) is 17.1. The number of carbonyl (C=O) groups is 1. The molecule has 1 aliphatic rings. The van der Waals surface area contributed by atoms with E-state index in [1.807, 2.05) is 30.3 Å². The maximum atomic E-state index is 13.5. The Bertz CT molecular complexity index is 718. The lowest BCUT2D eigenvalue weighted by Gasteiger charge is -2.24. The molecule has 24 heavy (non-hydrogen) atoms. The van der Waals surface area contributed by atoms with Crippen LogP contribution in [-0.4, -0.2) is 23.2 Å². The van der Waals surface area contributed by atoms with Gasteiger partial charge in [0.05, 0.1) is 0 Å². The molecule has 0 radical (unpaired) electrons. The zero-order valence-electron chi connectivity index (χ0n) is 13.8. The van der Waals surface area contributed by atoms with Crippen LogP contribution < -0.4 is 5.32 Å². The van der Waals surface area contributed by atoms with Crippen LogP contribution in [0, 0.1) is 5.82 Å². The highest BCUT2D eigenvalue weighted by Crippen LogP contribution is 2.38. The van der Waals surface area contributed by atoms with E-state index in [4.69, 9.17) is 0 Å². The highest BCUT2D eigenvalue weighted by Gasteiger charge is 2.30. The summed E-state index contributed by atoms with van der Waals surface area (Å²) in [6, 6.07) is 14.2. The van der Waals surface area contributed by atoms with Crippen LogP contribution >= 0.6 is 11.8 Å². The fraction of sp³-hybridized carbons (Fsp3) is 0.316. The maximum Gasteiger partial charge on any atom is 0.323 e. The summed E-state index contributed by atoms with van der Waals surface area (Å²) in [4.78, 5) is 14.4.